The monoisotopic (exact) mass is 489 g/mol. The van der Waals surface area contributed by atoms with Crippen LogP contribution in [0.5, 0.6) is 5.75 Å². The zero-order valence-corrected chi connectivity index (χ0v) is 20.7. The van der Waals surface area contributed by atoms with Crippen LogP contribution in [0.4, 0.5) is 4.79 Å². The first-order valence-electron chi connectivity index (χ1n) is 11.7. The number of halogens is 1. The van der Waals surface area contributed by atoms with Gasteiger partial charge in [0.25, 0.3) is 0 Å². The molecule has 1 aliphatic carbocycles. The molecule has 3 rings (SSSR count). The Hall–Kier alpha value is -2.87. The fraction of sp³-hybridized carbons (Fsp3) is 0.520. The lowest BCUT2D eigenvalue weighted by Gasteiger charge is -2.27. The molecule has 1 heterocycles. The summed E-state index contributed by atoms with van der Waals surface area (Å²) in [5.74, 6) is -0.137. The lowest BCUT2D eigenvalue weighted by Crippen LogP contribution is -2.29. The first-order chi connectivity index (χ1) is 16.3. The van der Waals surface area contributed by atoms with Crippen molar-refractivity contribution in [3.8, 4) is 17.1 Å². The summed E-state index contributed by atoms with van der Waals surface area (Å²) >= 11 is 6.20. The highest BCUT2D eigenvalue weighted by atomic mass is 35.5. The number of unbranched alkanes of at least 4 members (excludes halogenated alkanes) is 1. The number of hydrogen-bond acceptors (Lipinski definition) is 6. The molecule has 0 unspecified atom stereocenters. The van der Waals surface area contributed by atoms with E-state index in [2.05, 4.69) is 16.9 Å². The van der Waals surface area contributed by atoms with Crippen LogP contribution in [-0.4, -0.2) is 51.7 Å². The molecule has 1 saturated carbocycles. The molecule has 1 N–H and O–H groups in total. The molecule has 1 amide bonds. The molecule has 0 bridgehead atoms. The first-order valence-corrected chi connectivity index (χ1v) is 12.1. The Morgan fingerprint density at radius 2 is 2.09 bits per heavy atom. The number of aliphatic carboxylic acids is 1. The van der Waals surface area contributed by atoms with E-state index in [-0.39, 0.29) is 18.6 Å². The van der Waals surface area contributed by atoms with Crippen molar-refractivity contribution >= 4 is 23.7 Å². The average Bonchev–Trinajstić information content (AvgIpc) is 2.82. The third kappa shape index (κ3) is 6.82. The van der Waals surface area contributed by atoms with Gasteiger partial charge in [0.05, 0.1) is 23.9 Å². The van der Waals surface area contributed by atoms with Crippen molar-refractivity contribution in [3.05, 3.63) is 40.7 Å². The number of carbonyl (C=O) groups is 2. The van der Waals surface area contributed by atoms with Gasteiger partial charge >= 0.3 is 12.1 Å². The Labute approximate surface area is 205 Å². The lowest BCUT2D eigenvalue weighted by atomic mass is 9.87. The van der Waals surface area contributed by atoms with E-state index in [1.807, 2.05) is 6.92 Å². The van der Waals surface area contributed by atoms with E-state index in [4.69, 9.17) is 21.1 Å². The number of aryl methyl sites for hydroxylation is 1. The van der Waals surface area contributed by atoms with Crippen LogP contribution in [0.25, 0.3) is 11.4 Å². The maximum atomic E-state index is 12.3. The number of benzene rings is 1. The number of hydrogen-bond donors (Lipinski definition) is 1. The van der Waals surface area contributed by atoms with Crippen LogP contribution >= 0.6 is 11.6 Å². The van der Waals surface area contributed by atoms with E-state index in [1.54, 1.807) is 36.3 Å². The van der Waals surface area contributed by atoms with E-state index in [1.165, 1.54) is 0 Å². The zero-order chi connectivity index (χ0) is 24.7. The third-order valence-corrected chi connectivity index (χ3v) is 6.26. The Bertz CT molecular complexity index is 1020. The number of amides is 1. The summed E-state index contributed by atoms with van der Waals surface area (Å²) in [6.07, 6.45) is 5.75. The number of carboxylic acid groups (broad SMARTS) is 1. The minimum atomic E-state index is -0.774. The largest absolute Gasteiger partial charge is 0.487 e. The summed E-state index contributed by atoms with van der Waals surface area (Å²) in [7, 11) is 1.72. The van der Waals surface area contributed by atoms with E-state index in [0.29, 0.717) is 52.8 Å². The van der Waals surface area contributed by atoms with Gasteiger partial charge in [0, 0.05) is 29.7 Å². The summed E-state index contributed by atoms with van der Waals surface area (Å²) < 4.78 is 11.5. The summed E-state index contributed by atoms with van der Waals surface area (Å²) in [5, 5.41) is 9.83. The van der Waals surface area contributed by atoms with Crippen molar-refractivity contribution in [3.63, 3.8) is 0 Å². The molecule has 8 nitrogen and oxygen atoms in total. The Morgan fingerprint density at radius 1 is 1.29 bits per heavy atom. The zero-order valence-electron chi connectivity index (χ0n) is 19.9. The summed E-state index contributed by atoms with van der Waals surface area (Å²) in [6, 6.07) is 5.29. The molecule has 0 saturated heterocycles. The molecule has 2 aromatic rings. The van der Waals surface area contributed by atoms with Crippen LogP contribution in [-0.2, 0) is 16.1 Å². The fourth-order valence-corrected chi connectivity index (χ4v) is 4.19. The molecule has 0 aliphatic heterocycles. The normalized spacial score (nSPS) is 17.8. The number of nitrogens with zero attached hydrogens (tertiary/aromatic N) is 3. The molecular weight excluding hydrogens is 458 g/mol. The minimum absolute atomic E-state index is 0.0461. The van der Waals surface area contributed by atoms with Gasteiger partial charge in [-0.1, -0.05) is 24.9 Å². The van der Waals surface area contributed by atoms with Crippen LogP contribution in [0.2, 0.25) is 5.02 Å². The molecule has 9 heteroatoms. The maximum Gasteiger partial charge on any atom is 0.409 e. The Balaban J connectivity index is 1.72. The van der Waals surface area contributed by atoms with E-state index >= 15 is 0 Å². The number of ether oxygens (including phenoxy) is 2. The quantitative estimate of drug-likeness (QED) is 0.496. The predicted molar refractivity (Wildman–Crippen MR) is 129 cm³/mol. The highest BCUT2D eigenvalue weighted by Gasteiger charge is 2.28. The number of rotatable bonds is 9. The molecule has 1 aromatic heterocycles. The summed E-state index contributed by atoms with van der Waals surface area (Å²) in [5.41, 5.74) is 2.07. The van der Waals surface area contributed by atoms with Gasteiger partial charge in [-0.2, -0.15) is 0 Å². The minimum Gasteiger partial charge on any atom is -0.487 e. The van der Waals surface area contributed by atoms with Gasteiger partial charge in [-0.3, -0.25) is 4.79 Å². The van der Waals surface area contributed by atoms with Crippen molar-refractivity contribution in [1.82, 2.24) is 14.9 Å². The second-order valence-electron chi connectivity index (χ2n) is 8.72. The van der Waals surface area contributed by atoms with Gasteiger partial charge in [0.1, 0.15) is 6.61 Å². The number of carboxylic acids is 1. The van der Waals surface area contributed by atoms with Gasteiger partial charge in [0.2, 0.25) is 0 Å². The Morgan fingerprint density at radius 3 is 2.79 bits per heavy atom. The first kappa shape index (κ1) is 25.7. The highest BCUT2D eigenvalue weighted by Crippen LogP contribution is 2.30. The number of aromatic nitrogens is 2. The second kappa shape index (κ2) is 12.0. The molecular formula is C25H32ClN3O5. The molecule has 1 fully saturated rings. The summed E-state index contributed by atoms with van der Waals surface area (Å²) in [4.78, 5) is 34.3. The molecule has 0 spiro atoms. The molecule has 34 heavy (non-hydrogen) atoms. The van der Waals surface area contributed by atoms with Gasteiger partial charge in [-0.25, -0.2) is 14.8 Å². The Kier molecular flexibility index (Phi) is 9.10. The van der Waals surface area contributed by atoms with Gasteiger partial charge in [-0.05, 0) is 57.2 Å². The molecule has 1 aromatic carbocycles. The van der Waals surface area contributed by atoms with E-state index in [0.717, 1.165) is 25.7 Å². The van der Waals surface area contributed by atoms with Crippen molar-refractivity contribution in [1.29, 1.82) is 0 Å². The van der Waals surface area contributed by atoms with Crippen LogP contribution in [0.15, 0.2) is 24.4 Å². The molecule has 2 atom stereocenters. The summed E-state index contributed by atoms with van der Waals surface area (Å²) in [6.45, 7) is 4.58. The van der Waals surface area contributed by atoms with Crippen molar-refractivity contribution in [2.45, 2.75) is 65.1 Å². The lowest BCUT2D eigenvalue weighted by molar-refractivity contribution is -0.143. The fourth-order valence-electron chi connectivity index (χ4n) is 3.99. The number of carbonyl (C=O) groups excluding carboxylic acids is 1. The topological polar surface area (TPSA) is 102 Å². The predicted octanol–water partition coefficient (Wildman–Crippen LogP) is 5.50. The standard InChI is InChI=1S/C25H32ClN3O5/c1-4-5-11-29(3)25(32)33-15-18-12-19(26)9-10-21(18)23-27-14-22(16(2)28-23)34-20-8-6-7-17(13-20)24(30)31/h9-10,12,14,17,20H,4-8,11,13,15H2,1-3H3,(H,30,31)/t17-,20-/m0/s1. The van der Waals surface area contributed by atoms with Gasteiger partial charge < -0.3 is 19.5 Å². The van der Waals surface area contributed by atoms with Crippen LogP contribution in [0.3, 0.4) is 0 Å². The molecule has 184 valence electrons. The molecule has 0 radical (unpaired) electrons. The molecule has 1 aliphatic rings. The maximum absolute atomic E-state index is 12.3. The van der Waals surface area contributed by atoms with Gasteiger partial charge in [0.15, 0.2) is 11.6 Å². The van der Waals surface area contributed by atoms with E-state index in [9.17, 15) is 14.7 Å². The smallest absolute Gasteiger partial charge is 0.409 e. The van der Waals surface area contributed by atoms with Crippen molar-refractivity contribution in [2.24, 2.45) is 5.92 Å². The van der Waals surface area contributed by atoms with E-state index < -0.39 is 12.1 Å². The van der Waals surface area contributed by atoms with Crippen LogP contribution in [0, 0.1) is 12.8 Å². The third-order valence-electron chi connectivity index (χ3n) is 6.02. The average molecular weight is 490 g/mol. The van der Waals surface area contributed by atoms with Crippen LogP contribution < -0.4 is 4.74 Å². The van der Waals surface area contributed by atoms with Crippen molar-refractivity contribution in [2.75, 3.05) is 13.6 Å². The van der Waals surface area contributed by atoms with Crippen LogP contribution in [0.1, 0.15) is 56.7 Å². The van der Waals surface area contributed by atoms with Crippen molar-refractivity contribution < 1.29 is 24.2 Å². The second-order valence-corrected chi connectivity index (χ2v) is 9.15. The van der Waals surface area contributed by atoms with Gasteiger partial charge in [-0.15, -0.1) is 0 Å². The highest BCUT2D eigenvalue weighted by molar-refractivity contribution is 6.30. The SMILES string of the molecule is CCCCN(C)C(=O)OCc1cc(Cl)ccc1-c1ncc(O[C@H]2CCC[C@H](C(=O)O)C2)c(C)n1.